The summed E-state index contributed by atoms with van der Waals surface area (Å²) in [6, 6.07) is 11.9. The molecule has 0 bridgehead atoms. The summed E-state index contributed by atoms with van der Waals surface area (Å²) in [6.45, 7) is 6.12. The Hall–Kier alpha value is -3.61. The lowest BCUT2D eigenvalue weighted by Crippen LogP contribution is -2.18. The molecule has 0 aliphatic rings. The van der Waals surface area contributed by atoms with Gasteiger partial charge in [0.2, 0.25) is 0 Å². The lowest BCUT2D eigenvalue weighted by molar-refractivity contribution is 0.102. The maximum Gasteiger partial charge on any atom is 0.272 e. The Labute approximate surface area is 168 Å². The number of carbonyl (C=O) groups is 1. The summed E-state index contributed by atoms with van der Waals surface area (Å²) >= 11 is 0. The number of benzene rings is 2. The van der Waals surface area contributed by atoms with Gasteiger partial charge >= 0.3 is 0 Å². The minimum absolute atomic E-state index is 0.290. The average molecular weight is 392 g/mol. The molecule has 0 radical (unpaired) electrons. The summed E-state index contributed by atoms with van der Waals surface area (Å²) in [5.74, 6) is 0.250. The molecule has 1 heterocycles. The smallest absolute Gasteiger partial charge is 0.272 e. The topological polar surface area (TPSA) is 110 Å². The number of H-pyrrole nitrogens is 1. The van der Waals surface area contributed by atoms with Gasteiger partial charge in [0.1, 0.15) is 5.75 Å². The van der Waals surface area contributed by atoms with Crippen LogP contribution in [0.5, 0.6) is 5.75 Å². The van der Waals surface area contributed by atoms with Crippen molar-refractivity contribution in [1.29, 1.82) is 0 Å². The van der Waals surface area contributed by atoms with E-state index in [0.717, 1.165) is 5.56 Å². The average Bonchev–Trinajstić information content (AvgIpc) is 2.67. The Morgan fingerprint density at radius 1 is 1.14 bits per heavy atom. The van der Waals surface area contributed by atoms with Crippen molar-refractivity contribution >= 4 is 17.3 Å². The molecule has 3 rings (SSSR count). The Kier molecular flexibility index (Phi) is 5.41. The molecule has 150 valence electrons. The molecule has 1 amide bonds. The van der Waals surface area contributed by atoms with E-state index in [2.05, 4.69) is 15.5 Å². The first kappa shape index (κ1) is 20.1. The third-order valence-corrected chi connectivity index (χ3v) is 4.56. The van der Waals surface area contributed by atoms with Crippen molar-refractivity contribution in [3.05, 3.63) is 70.1 Å². The monoisotopic (exact) mass is 392 g/mol. The Morgan fingerprint density at radius 3 is 2.41 bits per heavy atom. The van der Waals surface area contributed by atoms with E-state index in [-0.39, 0.29) is 16.9 Å². The predicted octanol–water partition coefficient (Wildman–Crippen LogP) is 3.58. The molecule has 0 fully saturated rings. The number of ether oxygens (including phenoxy) is 1. The molecular weight excluding hydrogens is 368 g/mol. The number of aromatic amines is 1. The zero-order chi connectivity index (χ0) is 21.2. The van der Waals surface area contributed by atoms with E-state index >= 15 is 0 Å². The molecule has 3 aromatic rings. The van der Waals surface area contributed by atoms with Crippen molar-refractivity contribution in [3.8, 4) is 16.9 Å². The highest BCUT2D eigenvalue weighted by Crippen LogP contribution is 2.40. The van der Waals surface area contributed by atoms with Crippen LogP contribution >= 0.6 is 0 Å². The van der Waals surface area contributed by atoms with E-state index < -0.39 is 0 Å². The molecule has 29 heavy (non-hydrogen) atoms. The molecule has 0 saturated heterocycles. The zero-order valence-electron chi connectivity index (χ0n) is 16.9. The van der Waals surface area contributed by atoms with Crippen molar-refractivity contribution in [3.63, 3.8) is 0 Å². The van der Waals surface area contributed by atoms with E-state index in [1.807, 2.05) is 26.8 Å². The molecule has 0 aliphatic carbocycles. The lowest BCUT2D eigenvalue weighted by atomic mass is 9.84. The van der Waals surface area contributed by atoms with Crippen LogP contribution in [0.15, 0.2) is 53.5 Å². The first-order valence-electron chi connectivity index (χ1n) is 9.14. The summed E-state index contributed by atoms with van der Waals surface area (Å²) in [5.41, 5.74) is 8.60. The van der Waals surface area contributed by atoms with Gasteiger partial charge in [-0.1, -0.05) is 20.8 Å². The van der Waals surface area contributed by atoms with Crippen molar-refractivity contribution < 1.29 is 9.53 Å². The van der Waals surface area contributed by atoms with Gasteiger partial charge < -0.3 is 15.8 Å². The number of rotatable bonds is 4. The van der Waals surface area contributed by atoms with Crippen molar-refractivity contribution in [2.24, 2.45) is 0 Å². The normalized spacial score (nSPS) is 11.2. The number of nitrogen functional groups attached to an aromatic ring is 1. The van der Waals surface area contributed by atoms with Gasteiger partial charge in [-0.05, 0) is 53.4 Å². The molecule has 0 spiro atoms. The molecule has 7 nitrogen and oxygen atoms in total. The molecule has 4 N–H and O–H groups in total. The van der Waals surface area contributed by atoms with Gasteiger partial charge in [-0.15, -0.1) is 0 Å². The standard InChI is InChI=1S/C22H24N4O3/c1-22(2,3)17-11-14(16-9-10-24-26-21(16)28)12-18(19(17)29-4)25-20(27)13-5-7-15(23)8-6-13/h5-12H,23H2,1-4H3,(H,25,27)(H,26,28). The molecule has 0 atom stereocenters. The highest BCUT2D eigenvalue weighted by molar-refractivity contribution is 6.05. The Bertz CT molecular complexity index is 1100. The number of methoxy groups -OCH3 is 1. The van der Waals surface area contributed by atoms with E-state index in [1.54, 1.807) is 43.5 Å². The number of nitrogens with one attached hydrogen (secondary N) is 2. The van der Waals surface area contributed by atoms with Crippen molar-refractivity contribution in [1.82, 2.24) is 10.2 Å². The maximum absolute atomic E-state index is 12.8. The fraction of sp³-hybridized carbons (Fsp3) is 0.227. The summed E-state index contributed by atoms with van der Waals surface area (Å²) in [5, 5.41) is 9.10. The van der Waals surface area contributed by atoms with Gasteiger partial charge in [-0.3, -0.25) is 9.59 Å². The second-order valence-electron chi connectivity index (χ2n) is 7.73. The van der Waals surface area contributed by atoms with Crippen LogP contribution in [-0.4, -0.2) is 23.2 Å². The lowest BCUT2D eigenvalue weighted by Gasteiger charge is -2.25. The molecule has 0 saturated carbocycles. The minimum Gasteiger partial charge on any atom is -0.494 e. The number of hydrogen-bond donors (Lipinski definition) is 3. The van der Waals surface area contributed by atoms with Gasteiger partial charge in [-0.25, -0.2) is 5.10 Å². The Balaban J connectivity index is 2.15. The summed E-state index contributed by atoms with van der Waals surface area (Å²) in [6.07, 6.45) is 1.52. The SMILES string of the molecule is COc1c(NC(=O)c2ccc(N)cc2)cc(-c2ccn[nH]c2=O)cc1C(C)(C)C. The van der Waals surface area contributed by atoms with E-state index in [0.29, 0.717) is 33.8 Å². The predicted molar refractivity (Wildman–Crippen MR) is 114 cm³/mol. The van der Waals surface area contributed by atoms with Gasteiger partial charge in [0.15, 0.2) is 0 Å². The fourth-order valence-corrected chi connectivity index (χ4v) is 3.05. The first-order chi connectivity index (χ1) is 13.7. The molecule has 0 aliphatic heterocycles. The first-order valence-corrected chi connectivity index (χ1v) is 9.14. The van der Waals surface area contributed by atoms with Gasteiger partial charge in [-0.2, -0.15) is 5.10 Å². The molecule has 7 heteroatoms. The quantitative estimate of drug-likeness (QED) is 0.588. The Morgan fingerprint density at radius 2 is 1.83 bits per heavy atom. The number of anilines is 2. The van der Waals surface area contributed by atoms with Gasteiger partial charge in [0, 0.05) is 23.0 Å². The van der Waals surface area contributed by atoms with Crippen LogP contribution < -0.4 is 21.3 Å². The maximum atomic E-state index is 12.8. The second kappa shape index (κ2) is 7.79. The zero-order valence-corrected chi connectivity index (χ0v) is 16.9. The largest absolute Gasteiger partial charge is 0.494 e. The van der Waals surface area contributed by atoms with Crippen molar-refractivity contribution in [2.75, 3.05) is 18.2 Å². The fourth-order valence-electron chi connectivity index (χ4n) is 3.05. The van der Waals surface area contributed by atoms with Crippen LogP contribution in [0.2, 0.25) is 0 Å². The summed E-state index contributed by atoms with van der Waals surface area (Å²) < 4.78 is 5.65. The molecule has 0 unspecified atom stereocenters. The van der Waals surface area contributed by atoms with E-state index in [4.69, 9.17) is 10.5 Å². The van der Waals surface area contributed by atoms with Crippen LogP contribution in [0.25, 0.3) is 11.1 Å². The summed E-state index contributed by atoms with van der Waals surface area (Å²) in [4.78, 5) is 25.1. The highest BCUT2D eigenvalue weighted by atomic mass is 16.5. The third-order valence-electron chi connectivity index (χ3n) is 4.56. The van der Waals surface area contributed by atoms with Gasteiger partial charge in [0.05, 0.1) is 18.4 Å². The number of amides is 1. The number of nitrogens with two attached hydrogens (primary N) is 1. The second-order valence-corrected chi connectivity index (χ2v) is 7.73. The van der Waals surface area contributed by atoms with E-state index in [1.165, 1.54) is 6.20 Å². The number of hydrogen-bond acceptors (Lipinski definition) is 5. The van der Waals surface area contributed by atoms with Crippen LogP contribution in [0.4, 0.5) is 11.4 Å². The van der Waals surface area contributed by atoms with Gasteiger partial charge in [0.25, 0.3) is 11.5 Å². The minimum atomic E-state index is -0.312. The molecule has 2 aromatic carbocycles. The number of nitrogens with zero attached hydrogens (tertiary/aromatic N) is 1. The molecule has 1 aromatic heterocycles. The molecular formula is C22H24N4O3. The van der Waals surface area contributed by atoms with Crippen LogP contribution in [-0.2, 0) is 5.41 Å². The number of aromatic nitrogens is 2. The van der Waals surface area contributed by atoms with Crippen LogP contribution in [0.1, 0.15) is 36.7 Å². The summed E-state index contributed by atoms with van der Waals surface area (Å²) in [7, 11) is 1.56. The van der Waals surface area contributed by atoms with Crippen LogP contribution in [0, 0.1) is 0 Å². The highest BCUT2D eigenvalue weighted by Gasteiger charge is 2.24. The third kappa shape index (κ3) is 4.29. The van der Waals surface area contributed by atoms with Crippen molar-refractivity contribution in [2.45, 2.75) is 26.2 Å². The van der Waals surface area contributed by atoms with E-state index in [9.17, 15) is 9.59 Å². The number of carbonyl (C=O) groups excluding carboxylic acids is 1. The van der Waals surface area contributed by atoms with Crippen LogP contribution in [0.3, 0.4) is 0 Å².